The molecule has 28 heavy (non-hydrogen) atoms. The van der Waals surface area contributed by atoms with Crippen LogP contribution >= 0.6 is 24.0 Å². The highest BCUT2D eigenvalue weighted by Gasteiger charge is 2.17. The number of anilines is 1. The summed E-state index contributed by atoms with van der Waals surface area (Å²) in [5.74, 6) is 1.70. The molecule has 9 heteroatoms. The van der Waals surface area contributed by atoms with Gasteiger partial charge >= 0.3 is 0 Å². The van der Waals surface area contributed by atoms with Crippen LogP contribution in [0.3, 0.4) is 0 Å². The van der Waals surface area contributed by atoms with Crippen molar-refractivity contribution >= 4 is 35.6 Å². The van der Waals surface area contributed by atoms with E-state index in [0.29, 0.717) is 52.2 Å². The summed E-state index contributed by atoms with van der Waals surface area (Å²) < 4.78 is 21.3. The summed E-state index contributed by atoms with van der Waals surface area (Å²) in [7, 11) is 6.12. The summed E-state index contributed by atoms with van der Waals surface area (Å²) in [5.41, 5.74) is 7.28. The van der Waals surface area contributed by atoms with E-state index in [1.807, 2.05) is 6.07 Å². The molecule has 2 aromatic carbocycles. The van der Waals surface area contributed by atoms with Crippen LogP contribution in [-0.2, 0) is 6.42 Å². The molecule has 3 N–H and O–H groups in total. The Kier molecular flexibility index (Phi) is 9.02. The molecule has 0 radical (unpaired) electrons. The predicted octanol–water partition coefficient (Wildman–Crippen LogP) is 3.35. The molecule has 0 saturated carbocycles. The van der Waals surface area contributed by atoms with E-state index in [2.05, 4.69) is 5.32 Å². The Bertz CT molecular complexity index is 830. The number of ether oxygens (including phenoxy) is 4. The third-order valence-electron chi connectivity index (χ3n) is 4.03. The number of nitrogen functional groups attached to an aromatic ring is 1. The molecule has 0 aliphatic heterocycles. The molecular formula is C19H24Cl2N2O5. The average Bonchev–Trinajstić information content (AvgIpc) is 2.68. The molecule has 0 fully saturated rings. The second-order valence-corrected chi connectivity index (χ2v) is 5.98. The van der Waals surface area contributed by atoms with Crippen LogP contribution in [-0.4, -0.2) is 40.9 Å². The van der Waals surface area contributed by atoms with E-state index in [1.54, 1.807) is 27.4 Å². The van der Waals surface area contributed by atoms with Gasteiger partial charge in [0.05, 0.1) is 44.7 Å². The second-order valence-electron chi connectivity index (χ2n) is 5.57. The Balaban J connectivity index is 0.00000392. The third kappa shape index (κ3) is 5.05. The Morgan fingerprint density at radius 2 is 1.64 bits per heavy atom. The normalized spacial score (nSPS) is 9.89. The maximum Gasteiger partial charge on any atom is 0.255 e. The first kappa shape index (κ1) is 23.5. The minimum Gasteiger partial charge on any atom is -0.496 e. The van der Waals surface area contributed by atoms with E-state index in [9.17, 15) is 4.79 Å². The largest absolute Gasteiger partial charge is 0.496 e. The fourth-order valence-corrected chi connectivity index (χ4v) is 2.85. The van der Waals surface area contributed by atoms with Crippen molar-refractivity contribution in [3.8, 4) is 23.0 Å². The fourth-order valence-electron chi connectivity index (χ4n) is 2.68. The van der Waals surface area contributed by atoms with Gasteiger partial charge in [0.1, 0.15) is 5.75 Å². The number of rotatable bonds is 8. The van der Waals surface area contributed by atoms with Crippen LogP contribution in [0.1, 0.15) is 15.9 Å². The zero-order chi connectivity index (χ0) is 20.0. The number of methoxy groups -OCH3 is 4. The van der Waals surface area contributed by atoms with Crippen molar-refractivity contribution in [3.05, 3.63) is 40.4 Å². The number of nitrogens with one attached hydrogen (secondary N) is 1. The molecule has 1 amide bonds. The lowest BCUT2D eigenvalue weighted by Gasteiger charge is -2.16. The molecule has 0 aliphatic carbocycles. The quantitative estimate of drug-likeness (QED) is 0.623. The van der Waals surface area contributed by atoms with Crippen LogP contribution < -0.4 is 30.0 Å². The number of benzene rings is 2. The number of halogens is 2. The standard InChI is InChI=1S/C19H23ClN2O5.ClH/c1-24-15-6-5-11(17(26-3)18(15)27-4)7-8-22-19(23)12-9-13(20)14(21)10-16(12)25-2;/h5-6,9-10H,7-8,21H2,1-4H3,(H,22,23);1H. The van der Waals surface area contributed by atoms with Crippen molar-refractivity contribution in [2.75, 3.05) is 40.7 Å². The maximum atomic E-state index is 12.5. The van der Waals surface area contributed by atoms with Gasteiger partial charge in [0.15, 0.2) is 11.5 Å². The van der Waals surface area contributed by atoms with Gasteiger partial charge in [-0.2, -0.15) is 0 Å². The Morgan fingerprint density at radius 1 is 1.00 bits per heavy atom. The zero-order valence-corrected chi connectivity index (χ0v) is 17.7. The van der Waals surface area contributed by atoms with Crippen LogP contribution in [0.2, 0.25) is 5.02 Å². The van der Waals surface area contributed by atoms with Crippen LogP contribution in [0, 0.1) is 0 Å². The van der Waals surface area contributed by atoms with Crippen molar-refractivity contribution in [2.24, 2.45) is 0 Å². The van der Waals surface area contributed by atoms with Gasteiger partial charge in [-0.3, -0.25) is 4.79 Å². The molecule has 0 spiro atoms. The van der Waals surface area contributed by atoms with Gasteiger partial charge in [0.25, 0.3) is 5.91 Å². The first-order chi connectivity index (χ1) is 13.0. The van der Waals surface area contributed by atoms with Crippen LogP contribution in [0.25, 0.3) is 0 Å². The van der Waals surface area contributed by atoms with E-state index in [1.165, 1.54) is 19.2 Å². The highest BCUT2D eigenvalue weighted by atomic mass is 35.5. The molecule has 7 nitrogen and oxygen atoms in total. The maximum absolute atomic E-state index is 12.5. The first-order valence-electron chi connectivity index (χ1n) is 8.15. The van der Waals surface area contributed by atoms with Gasteiger partial charge in [0.2, 0.25) is 5.75 Å². The topological polar surface area (TPSA) is 92.0 Å². The summed E-state index contributed by atoms with van der Waals surface area (Å²) >= 11 is 6.02. The molecule has 0 saturated heterocycles. The van der Waals surface area contributed by atoms with Crippen molar-refractivity contribution in [2.45, 2.75) is 6.42 Å². The highest BCUT2D eigenvalue weighted by Crippen LogP contribution is 2.39. The molecule has 0 atom stereocenters. The average molecular weight is 431 g/mol. The lowest BCUT2D eigenvalue weighted by atomic mass is 10.1. The molecule has 154 valence electrons. The number of hydrogen-bond donors (Lipinski definition) is 2. The molecule has 0 heterocycles. The van der Waals surface area contributed by atoms with Gasteiger partial charge in [-0.1, -0.05) is 17.7 Å². The summed E-state index contributed by atoms with van der Waals surface area (Å²) in [6.45, 7) is 0.371. The minimum absolute atomic E-state index is 0. The van der Waals surface area contributed by atoms with Gasteiger partial charge in [-0.05, 0) is 18.6 Å². The summed E-state index contributed by atoms with van der Waals surface area (Å²) in [5, 5.41) is 3.13. The van der Waals surface area contributed by atoms with E-state index >= 15 is 0 Å². The molecule has 0 bridgehead atoms. The monoisotopic (exact) mass is 430 g/mol. The van der Waals surface area contributed by atoms with Gasteiger partial charge < -0.3 is 30.0 Å². The number of amides is 1. The molecule has 0 aromatic heterocycles. The minimum atomic E-state index is -0.312. The Hall–Kier alpha value is -2.51. The Labute approximate surface area is 175 Å². The molecule has 0 aliphatic rings. The van der Waals surface area contributed by atoms with Gasteiger partial charge in [-0.15, -0.1) is 12.4 Å². The van der Waals surface area contributed by atoms with Crippen molar-refractivity contribution < 1.29 is 23.7 Å². The number of carbonyl (C=O) groups excluding carboxylic acids is 1. The van der Waals surface area contributed by atoms with E-state index in [0.717, 1.165) is 5.56 Å². The smallest absolute Gasteiger partial charge is 0.255 e. The zero-order valence-electron chi connectivity index (χ0n) is 16.1. The summed E-state index contributed by atoms with van der Waals surface area (Å²) in [6, 6.07) is 6.67. The van der Waals surface area contributed by atoms with E-state index < -0.39 is 0 Å². The molecule has 0 unspecified atom stereocenters. The second kappa shape index (κ2) is 10.7. The lowest BCUT2D eigenvalue weighted by molar-refractivity contribution is 0.0951. The highest BCUT2D eigenvalue weighted by molar-refractivity contribution is 6.33. The fraction of sp³-hybridized carbons (Fsp3) is 0.316. The molecule has 2 rings (SSSR count). The predicted molar refractivity (Wildman–Crippen MR) is 112 cm³/mol. The Morgan fingerprint density at radius 3 is 2.21 bits per heavy atom. The van der Waals surface area contributed by atoms with Crippen LogP contribution in [0.15, 0.2) is 24.3 Å². The lowest BCUT2D eigenvalue weighted by Crippen LogP contribution is -2.26. The van der Waals surface area contributed by atoms with E-state index in [4.69, 9.17) is 36.3 Å². The SMILES string of the molecule is COc1cc(N)c(Cl)cc1C(=O)NCCc1ccc(OC)c(OC)c1OC.Cl. The van der Waals surface area contributed by atoms with Gasteiger partial charge in [-0.25, -0.2) is 0 Å². The number of hydrogen-bond acceptors (Lipinski definition) is 6. The first-order valence-corrected chi connectivity index (χ1v) is 8.53. The van der Waals surface area contributed by atoms with Gasteiger partial charge in [0, 0.05) is 18.2 Å². The molecule has 2 aromatic rings. The third-order valence-corrected chi connectivity index (χ3v) is 4.36. The van der Waals surface area contributed by atoms with Crippen molar-refractivity contribution in [3.63, 3.8) is 0 Å². The molecular weight excluding hydrogens is 407 g/mol. The summed E-state index contributed by atoms with van der Waals surface area (Å²) in [6.07, 6.45) is 0.528. The van der Waals surface area contributed by atoms with Crippen LogP contribution in [0.5, 0.6) is 23.0 Å². The van der Waals surface area contributed by atoms with Crippen LogP contribution in [0.4, 0.5) is 5.69 Å². The summed E-state index contributed by atoms with van der Waals surface area (Å²) in [4.78, 5) is 12.5. The van der Waals surface area contributed by atoms with Crippen molar-refractivity contribution in [1.29, 1.82) is 0 Å². The number of nitrogens with two attached hydrogens (primary N) is 1. The number of carbonyl (C=O) groups is 1. The van der Waals surface area contributed by atoms with E-state index in [-0.39, 0.29) is 18.3 Å². The van der Waals surface area contributed by atoms with Crippen molar-refractivity contribution in [1.82, 2.24) is 5.32 Å².